The van der Waals surface area contributed by atoms with E-state index in [1.54, 1.807) is 0 Å². The van der Waals surface area contributed by atoms with Crippen LogP contribution in [0.3, 0.4) is 0 Å². The maximum atomic E-state index is 5.63. The molecule has 1 heterocycles. The first-order chi connectivity index (χ1) is 7.67. The standard InChI is InChI=1S/C12H24N4/c1-4-5-7-16(8-6-13)10-12-9-11(2)14-15(12)3/h9H,4-8,10,13H2,1-3H3. The fourth-order valence-electron chi connectivity index (χ4n) is 1.88. The Morgan fingerprint density at radius 2 is 2.19 bits per heavy atom. The van der Waals surface area contributed by atoms with Gasteiger partial charge in [0.1, 0.15) is 0 Å². The van der Waals surface area contributed by atoms with Crippen molar-refractivity contribution in [2.45, 2.75) is 33.2 Å². The highest BCUT2D eigenvalue weighted by Gasteiger charge is 2.08. The predicted molar refractivity (Wildman–Crippen MR) is 67.2 cm³/mol. The van der Waals surface area contributed by atoms with Gasteiger partial charge in [-0.05, 0) is 26.0 Å². The van der Waals surface area contributed by atoms with Crippen LogP contribution >= 0.6 is 0 Å². The zero-order valence-electron chi connectivity index (χ0n) is 10.7. The van der Waals surface area contributed by atoms with E-state index < -0.39 is 0 Å². The number of hydrogen-bond acceptors (Lipinski definition) is 3. The van der Waals surface area contributed by atoms with Crippen LogP contribution in [-0.2, 0) is 13.6 Å². The summed E-state index contributed by atoms with van der Waals surface area (Å²) in [6.45, 7) is 8.01. The lowest BCUT2D eigenvalue weighted by Gasteiger charge is -2.21. The van der Waals surface area contributed by atoms with Crippen molar-refractivity contribution in [1.29, 1.82) is 0 Å². The van der Waals surface area contributed by atoms with Gasteiger partial charge in [-0.1, -0.05) is 13.3 Å². The fourth-order valence-corrected chi connectivity index (χ4v) is 1.88. The van der Waals surface area contributed by atoms with E-state index in [4.69, 9.17) is 5.73 Å². The lowest BCUT2D eigenvalue weighted by Crippen LogP contribution is -2.30. The molecule has 0 atom stereocenters. The molecular weight excluding hydrogens is 200 g/mol. The predicted octanol–water partition coefficient (Wildman–Crippen LogP) is 1.29. The average Bonchev–Trinajstić information content (AvgIpc) is 2.54. The molecule has 1 aromatic heterocycles. The minimum Gasteiger partial charge on any atom is -0.329 e. The molecule has 0 bridgehead atoms. The van der Waals surface area contributed by atoms with Gasteiger partial charge in [-0.15, -0.1) is 0 Å². The summed E-state index contributed by atoms with van der Waals surface area (Å²) in [7, 11) is 2.00. The molecule has 0 aliphatic rings. The van der Waals surface area contributed by atoms with Crippen LogP contribution in [0.4, 0.5) is 0 Å². The van der Waals surface area contributed by atoms with E-state index in [0.29, 0.717) is 0 Å². The van der Waals surface area contributed by atoms with Crippen molar-refractivity contribution in [2.24, 2.45) is 12.8 Å². The molecule has 0 aromatic carbocycles. The van der Waals surface area contributed by atoms with Gasteiger partial charge in [-0.25, -0.2) is 0 Å². The SMILES string of the molecule is CCCCN(CCN)Cc1cc(C)nn1C. The summed E-state index contributed by atoms with van der Waals surface area (Å²) in [4.78, 5) is 2.40. The van der Waals surface area contributed by atoms with Crippen molar-refractivity contribution in [3.05, 3.63) is 17.5 Å². The van der Waals surface area contributed by atoms with E-state index in [-0.39, 0.29) is 0 Å². The van der Waals surface area contributed by atoms with Crippen molar-refractivity contribution in [1.82, 2.24) is 14.7 Å². The lowest BCUT2D eigenvalue weighted by atomic mass is 10.3. The van der Waals surface area contributed by atoms with Crippen LogP contribution in [0.15, 0.2) is 6.07 Å². The van der Waals surface area contributed by atoms with Gasteiger partial charge in [-0.3, -0.25) is 9.58 Å². The molecule has 0 saturated carbocycles. The molecule has 0 fully saturated rings. The van der Waals surface area contributed by atoms with Gasteiger partial charge in [-0.2, -0.15) is 5.10 Å². The van der Waals surface area contributed by atoms with Crippen molar-refractivity contribution in [2.75, 3.05) is 19.6 Å². The van der Waals surface area contributed by atoms with E-state index in [1.807, 2.05) is 18.7 Å². The number of nitrogens with two attached hydrogens (primary N) is 1. The molecule has 0 radical (unpaired) electrons. The van der Waals surface area contributed by atoms with Crippen LogP contribution in [0.5, 0.6) is 0 Å². The average molecular weight is 224 g/mol. The Kier molecular flexibility index (Phi) is 5.49. The lowest BCUT2D eigenvalue weighted by molar-refractivity contribution is 0.261. The molecule has 0 aliphatic heterocycles. The smallest absolute Gasteiger partial charge is 0.0597 e. The molecule has 1 aromatic rings. The third kappa shape index (κ3) is 3.94. The molecule has 0 spiro atoms. The Balaban J connectivity index is 2.56. The summed E-state index contributed by atoms with van der Waals surface area (Å²) in [5, 5.41) is 4.36. The molecule has 0 amide bonds. The summed E-state index contributed by atoms with van der Waals surface area (Å²) < 4.78 is 1.96. The monoisotopic (exact) mass is 224 g/mol. The highest BCUT2D eigenvalue weighted by atomic mass is 15.3. The minimum absolute atomic E-state index is 0.723. The minimum atomic E-state index is 0.723. The second kappa shape index (κ2) is 6.66. The number of hydrogen-bond donors (Lipinski definition) is 1. The van der Waals surface area contributed by atoms with Gasteiger partial charge in [0, 0.05) is 26.7 Å². The summed E-state index contributed by atoms with van der Waals surface area (Å²) in [6.07, 6.45) is 2.46. The van der Waals surface area contributed by atoms with Gasteiger partial charge >= 0.3 is 0 Å². The van der Waals surface area contributed by atoms with Crippen LogP contribution in [0.25, 0.3) is 0 Å². The number of unbranched alkanes of at least 4 members (excludes halogenated alkanes) is 1. The summed E-state index contributed by atoms with van der Waals surface area (Å²) in [5.74, 6) is 0. The molecule has 0 saturated heterocycles. The third-order valence-corrected chi connectivity index (χ3v) is 2.76. The normalized spacial score (nSPS) is 11.3. The molecular formula is C12H24N4. The van der Waals surface area contributed by atoms with Crippen molar-refractivity contribution in [3.63, 3.8) is 0 Å². The number of nitrogens with zero attached hydrogens (tertiary/aromatic N) is 3. The molecule has 4 heteroatoms. The Morgan fingerprint density at radius 1 is 1.44 bits per heavy atom. The topological polar surface area (TPSA) is 47.1 Å². The Morgan fingerprint density at radius 3 is 2.69 bits per heavy atom. The first kappa shape index (κ1) is 13.2. The van der Waals surface area contributed by atoms with E-state index in [9.17, 15) is 0 Å². The zero-order chi connectivity index (χ0) is 12.0. The van der Waals surface area contributed by atoms with Crippen molar-refractivity contribution >= 4 is 0 Å². The van der Waals surface area contributed by atoms with Crippen LogP contribution in [0.1, 0.15) is 31.2 Å². The second-order valence-corrected chi connectivity index (χ2v) is 4.32. The van der Waals surface area contributed by atoms with E-state index >= 15 is 0 Å². The summed E-state index contributed by atoms with van der Waals surface area (Å²) in [6, 6.07) is 2.15. The molecule has 0 unspecified atom stereocenters. The van der Waals surface area contributed by atoms with Crippen LogP contribution in [-0.4, -0.2) is 34.3 Å². The highest BCUT2D eigenvalue weighted by Crippen LogP contribution is 2.07. The van der Waals surface area contributed by atoms with Crippen LogP contribution in [0, 0.1) is 6.92 Å². The van der Waals surface area contributed by atoms with E-state index in [2.05, 4.69) is 23.0 Å². The maximum Gasteiger partial charge on any atom is 0.0597 e. The molecule has 0 aliphatic carbocycles. The van der Waals surface area contributed by atoms with Gasteiger partial charge in [0.05, 0.1) is 11.4 Å². The Bertz CT molecular complexity index is 306. The quantitative estimate of drug-likeness (QED) is 0.759. The van der Waals surface area contributed by atoms with Gasteiger partial charge in [0.25, 0.3) is 0 Å². The van der Waals surface area contributed by atoms with Gasteiger partial charge < -0.3 is 5.73 Å². The van der Waals surface area contributed by atoms with Crippen LogP contribution < -0.4 is 5.73 Å². The fraction of sp³-hybridized carbons (Fsp3) is 0.750. The molecule has 92 valence electrons. The van der Waals surface area contributed by atoms with Crippen molar-refractivity contribution < 1.29 is 0 Å². The Hall–Kier alpha value is -0.870. The summed E-state index contributed by atoms with van der Waals surface area (Å²) >= 11 is 0. The number of aromatic nitrogens is 2. The van der Waals surface area contributed by atoms with E-state index in [0.717, 1.165) is 31.9 Å². The molecule has 16 heavy (non-hydrogen) atoms. The largest absolute Gasteiger partial charge is 0.329 e. The third-order valence-electron chi connectivity index (χ3n) is 2.76. The molecule has 4 nitrogen and oxygen atoms in total. The van der Waals surface area contributed by atoms with Crippen molar-refractivity contribution in [3.8, 4) is 0 Å². The number of rotatable bonds is 7. The zero-order valence-corrected chi connectivity index (χ0v) is 10.7. The highest BCUT2D eigenvalue weighted by molar-refractivity contribution is 5.08. The van der Waals surface area contributed by atoms with Crippen LogP contribution in [0.2, 0.25) is 0 Å². The molecule has 1 rings (SSSR count). The van der Waals surface area contributed by atoms with Gasteiger partial charge in [0.2, 0.25) is 0 Å². The maximum absolute atomic E-state index is 5.63. The Labute approximate surface area is 98.4 Å². The summed E-state index contributed by atoms with van der Waals surface area (Å²) in [5.41, 5.74) is 7.98. The molecule has 2 N–H and O–H groups in total. The van der Waals surface area contributed by atoms with Gasteiger partial charge in [0.15, 0.2) is 0 Å². The number of aryl methyl sites for hydroxylation is 2. The first-order valence-electron chi connectivity index (χ1n) is 6.09. The first-order valence-corrected chi connectivity index (χ1v) is 6.09. The second-order valence-electron chi connectivity index (χ2n) is 4.32. The van der Waals surface area contributed by atoms with E-state index in [1.165, 1.54) is 18.5 Å².